The fraction of sp³-hybridized carbons (Fsp3) is 0.333. The lowest BCUT2D eigenvalue weighted by Crippen LogP contribution is -2.31. The Kier molecular flexibility index (Phi) is 4.62. The van der Waals surface area contributed by atoms with Gasteiger partial charge in [-0.25, -0.2) is 4.98 Å². The number of fused-ring (bicyclic) bond motifs is 1. The van der Waals surface area contributed by atoms with Gasteiger partial charge < -0.3 is 9.47 Å². The molecule has 0 N–H and O–H groups in total. The lowest BCUT2D eigenvalue weighted by atomic mass is 9.95. The molecule has 25 heavy (non-hydrogen) atoms. The Morgan fingerprint density at radius 2 is 1.68 bits per heavy atom. The van der Waals surface area contributed by atoms with Crippen molar-refractivity contribution in [3.05, 3.63) is 66.0 Å². The average molecular weight is 335 g/mol. The minimum atomic E-state index is -0.128. The van der Waals surface area contributed by atoms with Gasteiger partial charge in [0.05, 0.1) is 11.0 Å². The summed E-state index contributed by atoms with van der Waals surface area (Å²) in [6, 6.07) is 18.1. The Hall–Kier alpha value is -2.62. The molecule has 3 rings (SSSR count). The molecule has 0 saturated heterocycles. The number of nitrogens with zero attached hydrogens (tertiary/aromatic N) is 3. The number of aromatic nitrogens is 2. The zero-order valence-electron chi connectivity index (χ0n) is 15.4. The molecule has 0 unspecified atom stereocenters. The Bertz CT molecular complexity index is 875. The number of para-hydroxylation sites is 2. The number of hydrogen-bond donors (Lipinski definition) is 0. The zero-order chi connectivity index (χ0) is 18.0. The minimum absolute atomic E-state index is 0.0810. The lowest BCUT2D eigenvalue weighted by molar-refractivity contribution is -0.131. The number of benzene rings is 2. The summed E-state index contributed by atoms with van der Waals surface area (Å²) >= 11 is 0. The van der Waals surface area contributed by atoms with Gasteiger partial charge >= 0.3 is 0 Å². The number of amides is 1. The van der Waals surface area contributed by atoms with Crippen molar-refractivity contribution in [2.45, 2.75) is 39.3 Å². The molecule has 0 fully saturated rings. The molecule has 0 saturated carbocycles. The topological polar surface area (TPSA) is 38.1 Å². The van der Waals surface area contributed by atoms with Crippen LogP contribution < -0.4 is 0 Å². The van der Waals surface area contributed by atoms with Crippen LogP contribution in [0.15, 0.2) is 54.6 Å². The summed E-state index contributed by atoms with van der Waals surface area (Å²) < 4.78 is 2.05. The third kappa shape index (κ3) is 3.73. The van der Waals surface area contributed by atoms with Gasteiger partial charge in [-0.2, -0.15) is 0 Å². The molecule has 1 amide bonds. The predicted molar refractivity (Wildman–Crippen MR) is 101 cm³/mol. The smallest absolute Gasteiger partial charge is 0.242 e. The van der Waals surface area contributed by atoms with Crippen LogP contribution in [0.2, 0.25) is 0 Å². The van der Waals surface area contributed by atoms with Crippen LogP contribution in [0.5, 0.6) is 0 Å². The highest BCUT2D eigenvalue weighted by Crippen LogP contribution is 2.26. The number of hydrogen-bond acceptors (Lipinski definition) is 2. The van der Waals surface area contributed by atoms with Crippen LogP contribution in [-0.2, 0) is 23.3 Å². The van der Waals surface area contributed by atoms with Crippen LogP contribution in [0.1, 0.15) is 32.2 Å². The second-order valence-corrected chi connectivity index (χ2v) is 7.50. The molecule has 0 aliphatic heterocycles. The SMILES string of the molecule is CN(Cc1ccccc1)C(=O)Cn1c(C(C)(C)C)nc2ccccc21. The first-order valence-corrected chi connectivity index (χ1v) is 8.60. The molecule has 0 spiro atoms. The van der Waals surface area contributed by atoms with Crippen LogP contribution in [0.4, 0.5) is 0 Å². The first-order valence-electron chi connectivity index (χ1n) is 8.60. The minimum Gasteiger partial charge on any atom is -0.340 e. The molecule has 130 valence electrons. The van der Waals surface area contributed by atoms with Gasteiger partial charge in [0, 0.05) is 19.0 Å². The van der Waals surface area contributed by atoms with Crippen molar-refractivity contribution in [2.75, 3.05) is 7.05 Å². The molecule has 0 aliphatic carbocycles. The van der Waals surface area contributed by atoms with E-state index in [1.165, 1.54) is 0 Å². The molecular weight excluding hydrogens is 310 g/mol. The third-order valence-electron chi connectivity index (χ3n) is 4.31. The van der Waals surface area contributed by atoms with Crippen molar-refractivity contribution in [3.63, 3.8) is 0 Å². The summed E-state index contributed by atoms with van der Waals surface area (Å²) in [5.41, 5.74) is 2.95. The maximum absolute atomic E-state index is 12.8. The number of imidazole rings is 1. The Morgan fingerprint density at radius 3 is 2.36 bits per heavy atom. The van der Waals surface area contributed by atoms with Gasteiger partial charge in [0.15, 0.2) is 0 Å². The largest absolute Gasteiger partial charge is 0.340 e. The van der Waals surface area contributed by atoms with Crippen molar-refractivity contribution >= 4 is 16.9 Å². The summed E-state index contributed by atoms with van der Waals surface area (Å²) in [5.74, 6) is 1.02. The van der Waals surface area contributed by atoms with E-state index in [0.29, 0.717) is 13.1 Å². The van der Waals surface area contributed by atoms with Crippen LogP contribution in [0, 0.1) is 0 Å². The van der Waals surface area contributed by atoms with Gasteiger partial charge in [-0.3, -0.25) is 4.79 Å². The summed E-state index contributed by atoms with van der Waals surface area (Å²) in [6.45, 7) is 7.29. The third-order valence-corrected chi connectivity index (χ3v) is 4.31. The average Bonchev–Trinajstić information content (AvgIpc) is 2.95. The molecule has 1 aromatic heterocycles. The van der Waals surface area contributed by atoms with Crippen molar-refractivity contribution < 1.29 is 4.79 Å². The number of carbonyl (C=O) groups is 1. The van der Waals surface area contributed by atoms with Gasteiger partial charge in [-0.15, -0.1) is 0 Å². The highest BCUT2D eigenvalue weighted by molar-refractivity contribution is 5.81. The molecule has 0 bridgehead atoms. The van der Waals surface area contributed by atoms with Crippen molar-refractivity contribution in [1.29, 1.82) is 0 Å². The van der Waals surface area contributed by atoms with E-state index in [1.54, 1.807) is 4.90 Å². The normalized spacial score (nSPS) is 11.7. The summed E-state index contributed by atoms with van der Waals surface area (Å²) in [7, 11) is 1.85. The van der Waals surface area contributed by atoms with Gasteiger partial charge in [0.25, 0.3) is 0 Å². The van der Waals surface area contributed by atoms with Crippen LogP contribution in [-0.4, -0.2) is 27.4 Å². The van der Waals surface area contributed by atoms with Gasteiger partial charge in [0.2, 0.25) is 5.91 Å². The summed E-state index contributed by atoms with van der Waals surface area (Å²) in [6.07, 6.45) is 0. The van der Waals surface area contributed by atoms with E-state index in [0.717, 1.165) is 22.4 Å². The molecule has 0 radical (unpaired) electrons. The number of likely N-dealkylation sites (N-methyl/N-ethyl adjacent to an activating group) is 1. The van der Waals surface area contributed by atoms with Crippen LogP contribution in [0.25, 0.3) is 11.0 Å². The monoisotopic (exact) mass is 335 g/mol. The standard InChI is InChI=1S/C21H25N3O/c1-21(2,3)20-22-17-12-8-9-13-18(17)24(20)15-19(25)23(4)14-16-10-6-5-7-11-16/h5-13H,14-15H2,1-4H3. The van der Waals surface area contributed by atoms with E-state index in [-0.39, 0.29) is 11.3 Å². The summed E-state index contributed by atoms with van der Waals surface area (Å²) in [5, 5.41) is 0. The second kappa shape index (κ2) is 6.71. The molecule has 3 aromatic rings. The van der Waals surface area contributed by atoms with E-state index in [1.807, 2.05) is 61.6 Å². The number of rotatable bonds is 4. The maximum atomic E-state index is 12.8. The van der Waals surface area contributed by atoms with Gasteiger partial charge in [-0.1, -0.05) is 63.2 Å². The summed E-state index contributed by atoms with van der Waals surface area (Å²) in [4.78, 5) is 19.4. The molecular formula is C21H25N3O. The van der Waals surface area contributed by atoms with Crippen LogP contribution in [0.3, 0.4) is 0 Å². The maximum Gasteiger partial charge on any atom is 0.242 e. The molecule has 0 atom stereocenters. The van der Waals surface area contributed by atoms with E-state index in [2.05, 4.69) is 25.3 Å². The van der Waals surface area contributed by atoms with E-state index >= 15 is 0 Å². The molecule has 4 nitrogen and oxygen atoms in total. The fourth-order valence-electron chi connectivity index (χ4n) is 3.01. The molecule has 4 heteroatoms. The first kappa shape index (κ1) is 17.2. The lowest BCUT2D eigenvalue weighted by Gasteiger charge is -2.22. The Labute approximate surface area is 149 Å². The van der Waals surface area contributed by atoms with Gasteiger partial charge in [0.1, 0.15) is 12.4 Å². The van der Waals surface area contributed by atoms with Crippen molar-refractivity contribution in [2.24, 2.45) is 0 Å². The van der Waals surface area contributed by atoms with E-state index in [4.69, 9.17) is 4.98 Å². The van der Waals surface area contributed by atoms with Gasteiger partial charge in [-0.05, 0) is 17.7 Å². The Morgan fingerprint density at radius 1 is 1.04 bits per heavy atom. The number of carbonyl (C=O) groups excluding carboxylic acids is 1. The molecule has 1 heterocycles. The quantitative estimate of drug-likeness (QED) is 0.723. The Balaban J connectivity index is 1.88. The molecule has 0 aliphatic rings. The highest BCUT2D eigenvalue weighted by atomic mass is 16.2. The first-order chi connectivity index (χ1) is 11.9. The fourth-order valence-corrected chi connectivity index (χ4v) is 3.01. The van der Waals surface area contributed by atoms with E-state index < -0.39 is 0 Å². The zero-order valence-corrected chi connectivity index (χ0v) is 15.4. The predicted octanol–water partition coefficient (Wildman–Crippen LogP) is 3.99. The highest BCUT2D eigenvalue weighted by Gasteiger charge is 2.24. The second-order valence-electron chi connectivity index (χ2n) is 7.50. The van der Waals surface area contributed by atoms with Crippen LogP contribution >= 0.6 is 0 Å². The van der Waals surface area contributed by atoms with Crippen molar-refractivity contribution in [3.8, 4) is 0 Å². The van der Waals surface area contributed by atoms with E-state index in [9.17, 15) is 4.79 Å². The van der Waals surface area contributed by atoms with Crippen molar-refractivity contribution in [1.82, 2.24) is 14.5 Å². The molecule has 2 aromatic carbocycles.